The highest BCUT2D eigenvalue weighted by molar-refractivity contribution is 6.04. The van der Waals surface area contributed by atoms with E-state index in [4.69, 9.17) is 15.9 Å². The smallest absolute Gasteiger partial charge is 0.384 e. The number of benzene rings is 2. The molecule has 2 aromatic rings. The minimum atomic E-state index is -4.59. The van der Waals surface area contributed by atoms with Crippen LogP contribution in [0.25, 0.3) is 0 Å². The summed E-state index contributed by atoms with van der Waals surface area (Å²) in [6, 6.07) is 9.16. The zero-order valence-electron chi connectivity index (χ0n) is 18.2. The fourth-order valence-electron chi connectivity index (χ4n) is 2.97. The van der Waals surface area contributed by atoms with Gasteiger partial charge in [0.2, 0.25) is 11.8 Å². The summed E-state index contributed by atoms with van der Waals surface area (Å²) in [4.78, 5) is 24.3. The van der Waals surface area contributed by atoms with Crippen LogP contribution in [-0.4, -0.2) is 37.9 Å². The molecule has 8 nitrogen and oxygen atoms in total. The van der Waals surface area contributed by atoms with Crippen LogP contribution >= 0.6 is 0 Å². The van der Waals surface area contributed by atoms with Crippen molar-refractivity contribution in [3.05, 3.63) is 59.2 Å². The quantitative estimate of drug-likeness (QED) is 0.159. The standard InChI is InChI=1S/C22H26F3N5O3/c1-13(15-5-8-18(28-9-10-33-2)17(11-15)22(23,24)25)29-19(31)12-20(32)30-16-6-3-14(4-7-16)21(26)27/h3-8,11,13,28H,9-10,12H2,1-2H3,(H3,26,27)(H,29,31)(H,30,32). The molecule has 2 aromatic carbocycles. The average Bonchev–Trinajstić information content (AvgIpc) is 2.73. The van der Waals surface area contributed by atoms with E-state index in [1.165, 1.54) is 38.3 Å². The van der Waals surface area contributed by atoms with E-state index >= 15 is 0 Å². The summed E-state index contributed by atoms with van der Waals surface area (Å²) < 4.78 is 45.3. The molecule has 1 atom stereocenters. The van der Waals surface area contributed by atoms with Gasteiger partial charge in [0.15, 0.2) is 0 Å². The van der Waals surface area contributed by atoms with Crippen LogP contribution in [0.5, 0.6) is 0 Å². The maximum absolute atomic E-state index is 13.5. The molecule has 0 aromatic heterocycles. The van der Waals surface area contributed by atoms with E-state index in [2.05, 4.69) is 16.0 Å². The number of halogens is 3. The number of amides is 2. The van der Waals surface area contributed by atoms with Gasteiger partial charge in [0.1, 0.15) is 12.3 Å². The van der Waals surface area contributed by atoms with Gasteiger partial charge in [-0.1, -0.05) is 6.07 Å². The Hall–Kier alpha value is -3.60. The first kappa shape index (κ1) is 25.7. The molecular weight excluding hydrogens is 439 g/mol. The number of methoxy groups -OCH3 is 1. The van der Waals surface area contributed by atoms with Crippen molar-refractivity contribution in [2.45, 2.75) is 25.6 Å². The summed E-state index contributed by atoms with van der Waals surface area (Å²) in [5, 5.41) is 15.1. The van der Waals surface area contributed by atoms with E-state index in [1.54, 1.807) is 12.1 Å². The first-order chi connectivity index (χ1) is 15.5. The van der Waals surface area contributed by atoms with Gasteiger partial charge in [0.25, 0.3) is 0 Å². The molecule has 1 unspecified atom stereocenters. The van der Waals surface area contributed by atoms with E-state index in [0.717, 1.165) is 6.07 Å². The largest absolute Gasteiger partial charge is 0.418 e. The molecule has 0 bridgehead atoms. The summed E-state index contributed by atoms with van der Waals surface area (Å²) in [5.41, 5.74) is 5.56. The highest BCUT2D eigenvalue weighted by Crippen LogP contribution is 2.36. The van der Waals surface area contributed by atoms with E-state index in [0.29, 0.717) is 11.3 Å². The maximum Gasteiger partial charge on any atom is 0.418 e. The molecule has 2 rings (SSSR count). The number of nitrogens with two attached hydrogens (primary N) is 1. The van der Waals surface area contributed by atoms with Gasteiger partial charge < -0.3 is 26.4 Å². The van der Waals surface area contributed by atoms with Crippen molar-refractivity contribution in [1.82, 2.24) is 5.32 Å². The molecule has 0 aliphatic heterocycles. The van der Waals surface area contributed by atoms with Crippen LogP contribution < -0.4 is 21.7 Å². The Bertz CT molecular complexity index is 994. The summed E-state index contributed by atoms with van der Waals surface area (Å²) in [5.74, 6) is -1.35. The molecule has 0 aliphatic rings. The molecule has 0 heterocycles. The number of amidine groups is 1. The second kappa shape index (κ2) is 11.3. The van der Waals surface area contributed by atoms with E-state index in [9.17, 15) is 22.8 Å². The van der Waals surface area contributed by atoms with Crippen molar-refractivity contribution in [2.75, 3.05) is 30.9 Å². The highest BCUT2D eigenvalue weighted by atomic mass is 19.4. The molecular formula is C22H26F3N5O3. The van der Waals surface area contributed by atoms with Gasteiger partial charge in [-0.25, -0.2) is 0 Å². The number of nitrogens with one attached hydrogen (secondary N) is 4. The number of hydrogen-bond acceptors (Lipinski definition) is 5. The molecule has 6 N–H and O–H groups in total. The molecule has 2 amide bonds. The third-order valence-electron chi connectivity index (χ3n) is 4.65. The van der Waals surface area contributed by atoms with E-state index < -0.39 is 36.0 Å². The highest BCUT2D eigenvalue weighted by Gasteiger charge is 2.34. The first-order valence-electron chi connectivity index (χ1n) is 9.99. The summed E-state index contributed by atoms with van der Waals surface area (Å²) in [7, 11) is 1.45. The zero-order chi connectivity index (χ0) is 24.6. The molecule has 0 aliphatic carbocycles. The van der Waals surface area contributed by atoms with Gasteiger partial charge >= 0.3 is 6.18 Å². The summed E-state index contributed by atoms with van der Waals surface area (Å²) in [6.07, 6.45) is -5.10. The molecule has 0 fully saturated rings. The van der Waals surface area contributed by atoms with Crippen molar-refractivity contribution < 1.29 is 27.5 Å². The normalized spacial score (nSPS) is 12.0. The molecule has 0 radical (unpaired) electrons. The lowest BCUT2D eigenvalue weighted by Gasteiger charge is -2.19. The number of carbonyl (C=O) groups is 2. The maximum atomic E-state index is 13.5. The van der Waals surface area contributed by atoms with Crippen LogP contribution in [0.1, 0.15) is 36.1 Å². The Balaban J connectivity index is 2.00. The number of alkyl halides is 3. The van der Waals surface area contributed by atoms with Crippen LogP contribution in [0, 0.1) is 5.41 Å². The molecule has 0 saturated heterocycles. The van der Waals surface area contributed by atoms with E-state index in [-0.39, 0.29) is 30.2 Å². The minimum Gasteiger partial charge on any atom is -0.384 e. The lowest BCUT2D eigenvalue weighted by molar-refractivity contribution is -0.137. The van der Waals surface area contributed by atoms with Crippen LogP contribution in [0.4, 0.5) is 24.5 Å². The zero-order valence-corrected chi connectivity index (χ0v) is 18.2. The molecule has 178 valence electrons. The minimum absolute atomic E-state index is 0.0861. The molecule has 0 saturated carbocycles. The van der Waals surface area contributed by atoms with Crippen LogP contribution in [-0.2, 0) is 20.5 Å². The lowest BCUT2D eigenvalue weighted by Crippen LogP contribution is -2.30. The number of carbonyl (C=O) groups excluding carboxylic acids is 2. The second-order valence-electron chi connectivity index (χ2n) is 7.23. The Morgan fingerprint density at radius 1 is 1.12 bits per heavy atom. The Kier molecular flexibility index (Phi) is 8.80. The number of nitrogen functional groups attached to an aromatic ring is 1. The monoisotopic (exact) mass is 465 g/mol. The van der Waals surface area contributed by atoms with Crippen LogP contribution in [0.15, 0.2) is 42.5 Å². The fraction of sp³-hybridized carbons (Fsp3) is 0.318. The van der Waals surface area contributed by atoms with Crippen molar-refractivity contribution >= 4 is 29.0 Å². The van der Waals surface area contributed by atoms with Gasteiger partial charge in [0, 0.05) is 30.6 Å². The van der Waals surface area contributed by atoms with Gasteiger partial charge in [-0.15, -0.1) is 0 Å². The van der Waals surface area contributed by atoms with Crippen molar-refractivity contribution in [3.63, 3.8) is 0 Å². The predicted octanol–water partition coefficient (Wildman–Crippen LogP) is 3.25. The molecule has 33 heavy (non-hydrogen) atoms. The first-order valence-corrected chi connectivity index (χ1v) is 9.99. The molecule has 0 spiro atoms. The number of anilines is 2. The van der Waals surface area contributed by atoms with Gasteiger partial charge in [0.05, 0.1) is 18.2 Å². The Morgan fingerprint density at radius 2 is 1.79 bits per heavy atom. The van der Waals surface area contributed by atoms with Gasteiger partial charge in [-0.2, -0.15) is 13.2 Å². The third kappa shape index (κ3) is 7.79. The van der Waals surface area contributed by atoms with Crippen molar-refractivity contribution in [1.29, 1.82) is 5.41 Å². The number of rotatable bonds is 10. The Labute approximate surface area is 189 Å². The van der Waals surface area contributed by atoms with Crippen LogP contribution in [0.3, 0.4) is 0 Å². The SMILES string of the molecule is COCCNc1ccc(C(C)NC(=O)CC(=O)Nc2ccc(C(=N)N)cc2)cc1C(F)(F)F. The van der Waals surface area contributed by atoms with Crippen molar-refractivity contribution in [3.8, 4) is 0 Å². The second-order valence-corrected chi connectivity index (χ2v) is 7.23. The summed E-state index contributed by atoms with van der Waals surface area (Å²) >= 11 is 0. The number of hydrogen-bond donors (Lipinski definition) is 5. The average molecular weight is 465 g/mol. The topological polar surface area (TPSA) is 129 Å². The fourth-order valence-corrected chi connectivity index (χ4v) is 2.97. The predicted molar refractivity (Wildman–Crippen MR) is 119 cm³/mol. The van der Waals surface area contributed by atoms with Crippen molar-refractivity contribution in [2.24, 2.45) is 5.73 Å². The lowest BCUT2D eigenvalue weighted by atomic mass is 10.0. The Morgan fingerprint density at radius 3 is 2.36 bits per heavy atom. The number of ether oxygens (including phenoxy) is 1. The van der Waals surface area contributed by atoms with Gasteiger partial charge in [-0.05, 0) is 48.9 Å². The third-order valence-corrected chi connectivity index (χ3v) is 4.65. The van der Waals surface area contributed by atoms with E-state index in [1.807, 2.05) is 0 Å². The summed E-state index contributed by atoms with van der Waals surface area (Å²) in [6.45, 7) is 1.98. The van der Waals surface area contributed by atoms with Gasteiger partial charge in [-0.3, -0.25) is 15.0 Å². The van der Waals surface area contributed by atoms with Crippen LogP contribution in [0.2, 0.25) is 0 Å². The molecule has 11 heteroatoms.